The molecule has 9 heteroatoms. The molecule has 1 saturated heterocycles. The predicted molar refractivity (Wildman–Crippen MR) is 101 cm³/mol. The standard InChI is InChI=1S/C17H21N3O4S2/c1-26(23,24)19-14-8-5-9-20(17(21)22)15(14)10-13-11-25-16(18-13)12-6-3-2-4-7-12/h2-4,6-7,11,14-15,19H,5,8-10H2,1H3,(H,21,22)/t14-,15-/m0/s1. The number of aromatic nitrogens is 1. The third-order valence-electron chi connectivity index (χ3n) is 4.38. The number of piperidine rings is 1. The van der Waals surface area contributed by atoms with E-state index in [0.717, 1.165) is 22.5 Å². The van der Waals surface area contributed by atoms with Gasteiger partial charge < -0.3 is 10.0 Å². The zero-order valence-electron chi connectivity index (χ0n) is 14.3. The first-order chi connectivity index (χ1) is 12.3. The van der Waals surface area contributed by atoms with Crippen molar-refractivity contribution in [1.82, 2.24) is 14.6 Å². The number of carboxylic acid groups (broad SMARTS) is 1. The molecule has 26 heavy (non-hydrogen) atoms. The van der Waals surface area contributed by atoms with E-state index in [-0.39, 0.29) is 0 Å². The van der Waals surface area contributed by atoms with Gasteiger partial charge in [0.1, 0.15) is 5.01 Å². The van der Waals surface area contributed by atoms with Crippen LogP contribution in [0.15, 0.2) is 35.7 Å². The summed E-state index contributed by atoms with van der Waals surface area (Å²) in [6.07, 6.45) is 1.68. The molecule has 2 heterocycles. The number of carbonyl (C=O) groups is 1. The summed E-state index contributed by atoms with van der Waals surface area (Å²) < 4.78 is 25.9. The van der Waals surface area contributed by atoms with Crippen molar-refractivity contribution in [3.63, 3.8) is 0 Å². The number of nitrogens with one attached hydrogen (secondary N) is 1. The van der Waals surface area contributed by atoms with Gasteiger partial charge in [0, 0.05) is 30.0 Å². The topological polar surface area (TPSA) is 99.6 Å². The van der Waals surface area contributed by atoms with E-state index in [1.54, 1.807) is 0 Å². The molecule has 2 atom stereocenters. The lowest BCUT2D eigenvalue weighted by molar-refractivity contribution is 0.0939. The van der Waals surface area contributed by atoms with E-state index >= 15 is 0 Å². The quantitative estimate of drug-likeness (QED) is 0.810. The maximum absolute atomic E-state index is 11.7. The highest BCUT2D eigenvalue weighted by molar-refractivity contribution is 7.88. The summed E-state index contributed by atoms with van der Waals surface area (Å²) in [5.74, 6) is 0. The summed E-state index contributed by atoms with van der Waals surface area (Å²) >= 11 is 1.50. The van der Waals surface area contributed by atoms with E-state index in [0.29, 0.717) is 25.8 Å². The van der Waals surface area contributed by atoms with Gasteiger partial charge in [-0.25, -0.2) is 22.9 Å². The fourth-order valence-electron chi connectivity index (χ4n) is 3.29. The van der Waals surface area contributed by atoms with Gasteiger partial charge >= 0.3 is 6.09 Å². The Morgan fingerprint density at radius 3 is 2.77 bits per heavy atom. The zero-order valence-corrected chi connectivity index (χ0v) is 16.0. The van der Waals surface area contributed by atoms with Crippen molar-refractivity contribution in [2.75, 3.05) is 12.8 Å². The number of sulfonamides is 1. The molecule has 0 aliphatic carbocycles. The summed E-state index contributed by atoms with van der Waals surface area (Å²) in [7, 11) is -3.42. The lowest BCUT2D eigenvalue weighted by atomic mass is 9.94. The highest BCUT2D eigenvalue weighted by Crippen LogP contribution is 2.27. The van der Waals surface area contributed by atoms with Gasteiger partial charge in [-0.1, -0.05) is 30.3 Å². The molecule has 1 amide bonds. The van der Waals surface area contributed by atoms with E-state index in [4.69, 9.17) is 0 Å². The minimum absolute atomic E-state index is 0.378. The van der Waals surface area contributed by atoms with Crippen LogP contribution in [0.4, 0.5) is 4.79 Å². The molecule has 3 rings (SSSR count). The molecule has 2 N–H and O–H groups in total. The highest BCUT2D eigenvalue weighted by Gasteiger charge is 2.36. The second-order valence-electron chi connectivity index (χ2n) is 6.40. The maximum atomic E-state index is 11.7. The number of amides is 1. The Morgan fingerprint density at radius 2 is 2.12 bits per heavy atom. The number of likely N-dealkylation sites (tertiary alicyclic amines) is 1. The van der Waals surface area contributed by atoms with Crippen LogP contribution < -0.4 is 4.72 Å². The van der Waals surface area contributed by atoms with Gasteiger partial charge in [-0.15, -0.1) is 11.3 Å². The minimum Gasteiger partial charge on any atom is -0.465 e. The van der Waals surface area contributed by atoms with Gasteiger partial charge in [0.25, 0.3) is 0 Å². The third kappa shape index (κ3) is 4.60. The number of rotatable bonds is 5. The first-order valence-corrected chi connectivity index (χ1v) is 11.1. The first kappa shape index (κ1) is 18.8. The Hall–Kier alpha value is -1.97. The summed E-state index contributed by atoms with van der Waals surface area (Å²) in [5, 5.41) is 12.3. The number of thiazole rings is 1. The molecule has 1 aromatic heterocycles. The molecule has 7 nitrogen and oxygen atoms in total. The van der Waals surface area contributed by atoms with Gasteiger partial charge in [-0.2, -0.15) is 0 Å². The van der Waals surface area contributed by atoms with Crippen LogP contribution in [0.5, 0.6) is 0 Å². The van der Waals surface area contributed by atoms with Crippen molar-refractivity contribution in [3.05, 3.63) is 41.4 Å². The van der Waals surface area contributed by atoms with Gasteiger partial charge in [-0.3, -0.25) is 0 Å². The summed E-state index contributed by atoms with van der Waals surface area (Å²) in [6, 6.07) is 8.85. The molecule has 1 fully saturated rings. The summed E-state index contributed by atoms with van der Waals surface area (Å²) in [6.45, 7) is 0.400. The third-order valence-corrected chi connectivity index (χ3v) is 6.05. The Kier molecular flexibility index (Phi) is 5.59. The molecule has 1 aromatic carbocycles. The monoisotopic (exact) mass is 395 g/mol. The smallest absolute Gasteiger partial charge is 0.407 e. The molecule has 0 spiro atoms. The van der Waals surface area contributed by atoms with Gasteiger partial charge in [0.15, 0.2) is 0 Å². The molecule has 1 aliphatic heterocycles. The Bertz CT molecular complexity index is 867. The molecular formula is C17H21N3O4S2. The fourth-order valence-corrected chi connectivity index (χ4v) is 4.95. The van der Waals surface area contributed by atoms with Gasteiger partial charge in [-0.05, 0) is 12.8 Å². The van der Waals surface area contributed by atoms with Crippen LogP contribution in [0.3, 0.4) is 0 Å². The normalized spacial score (nSPS) is 20.9. The fraction of sp³-hybridized carbons (Fsp3) is 0.412. The van der Waals surface area contributed by atoms with E-state index in [1.807, 2.05) is 35.7 Å². The molecule has 2 aromatic rings. The van der Waals surface area contributed by atoms with Crippen molar-refractivity contribution in [2.24, 2.45) is 0 Å². The van der Waals surface area contributed by atoms with Crippen LogP contribution in [-0.4, -0.2) is 54.4 Å². The van der Waals surface area contributed by atoms with Gasteiger partial charge in [0.2, 0.25) is 10.0 Å². The molecular weight excluding hydrogens is 374 g/mol. The highest BCUT2D eigenvalue weighted by atomic mass is 32.2. The van der Waals surface area contributed by atoms with Crippen LogP contribution in [0.1, 0.15) is 18.5 Å². The van der Waals surface area contributed by atoms with E-state index in [2.05, 4.69) is 9.71 Å². The summed E-state index contributed by atoms with van der Waals surface area (Å²) in [5.41, 5.74) is 1.78. The Labute approximate surface area is 156 Å². The van der Waals surface area contributed by atoms with Crippen LogP contribution in [0.2, 0.25) is 0 Å². The van der Waals surface area contributed by atoms with E-state index < -0.39 is 28.2 Å². The number of hydrogen-bond acceptors (Lipinski definition) is 5. The number of hydrogen-bond donors (Lipinski definition) is 2. The molecule has 0 unspecified atom stereocenters. The average Bonchev–Trinajstić information content (AvgIpc) is 3.04. The lowest BCUT2D eigenvalue weighted by Crippen LogP contribution is -2.57. The molecule has 140 valence electrons. The van der Waals surface area contributed by atoms with Crippen molar-refractivity contribution in [1.29, 1.82) is 0 Å². The Morgan fingerprint density at radius 1 is 1.38 bits per heavy atom. The van der Waals surface area contributed by atoms with E-state index in [1.165, 1.54) is 16.2 Å². The minimum atomic E-state index is -3.42. The van der Waals surface area contributed by atoms with E-state index in [9.17, 15) is 18.3 Å². The Balaban J connectivity index is 1.83. The predicted octanol–water partition coefficient (Wildman–Crippen LogP) is 2.41. The lowest BCUT2D eigenvalue weighted by Gasteiger charge is -2.39. The number of nitrogens with zero attached hydrogens (tertiary/aromatic N) is 2. The second kappa shape index (κ2) is 7.73. The maximum Gasteiger partial charge on any atom is 0.407 e. The average molecular weight is 396 g/mol. The molecule has 0 bridgehead atoms. The van der Waals surface area contributed by atoms with Crippen molar-refractivity contribution in [2.45, 2.75) is 31.3 Å². The second-order valence-corrected chi connectivity index (χ2v) is 9.03. The molecule has 0 saturated carbocycles. The number of benzene rings is 1. The first-order valence-electron chi connectivity index (χ1n) is 8.30. The molecule has 1 aliphatic rings. The zero-order chi connectivity index (χ0) is 18.7. The van der Waals surface area contributed by atoms with Crippen LogP contribution >= 0.6 is 11.3 Å². The van der Waals surface area contributed by atoms with Crippen molar-refractivity contribution < 1.29 is 18.3 Å². The largest absolute Gasteiger partial charge is 0.465 e. The summed E-state index contributed by atoms with van der Waals surface area (Å²) in [4.78, 5) is 17.6. The molecule has 0 radical (unpaired) electrons. The van der Waals surface area contributed by atoms with Crippen LogP contribution in [0.25, 0.3) is 10.6 Å². The van der Waals surface area contributed by atoms with Gasteiger partial charge in [0.05, 0.1) is 18.0 Å². The SMILES string of the molecule is CS(=O)(=O)N[C@H]1CCCN(C(=O)O)[C@H]1Cc1csc(-c2ccccc2)n1. The van der Waals surface area contributed by atoms with Crippen LogP contribution in [-0.2, 0) is 16.4 Å². The van der Waals surface area contributed by atoms with Crippen LogP contribution in [0, 0.1) is 0 Å². The van der Waals surface area contributed by atoms with Crippen molar-refractivity contribution >= 4 is 27.5 Å². The van der Waals surface area contributed by atoms with Crippen molar-refractivity contribution in [3.8, 4) is 10.6 Å².